The summed E-state index contributed by atoms with van der Waals surface area (Å²) in [6.45, 7) is 0.904. The summed E-state index contributed by atoms with van der Waals surface area (Å²) in [5.41, 5.74) is 5.50. The number of anilines is 1. The molecule has 0 saturated carbocycles. The number of aliphatic hydroxyl groups excluding tert-OH is 1. The molecule has 2 aromatic rings. The van der Waals surface area contributed by atoms with Crippen molar-refractivity contribution in [3.63, 3.8) is 0 Å². The number of nitrogens with zero attached hydrogens (tertiary/aromatic N) is 2. The summed E-state index contributed by atoms with van der Waals surface area (Å²) in [4.78, 5) is 17.9. The van der Waals surface area contributed by atoms with Crippen molar-refractivity contribution < 1.29 is 18.7 Å². The summed E-state index contributed by atoms with van der Waals surface area (Å²) in [6.07, 6.45) is 3.29. The molecule has 1 aliphatic rings. The van der Waals surface area contributed by atoms with E-state index in [9.17, 15) is 18.7 Å². The average Bonchev–Trinajstić information content (AvgIpc) is 2.64. The summed E-state index contributed by atoms with van der Waals surface area (Å²) in [5, 5.41) is 10.1. The van der Waals surface area contributed by atoms with Crippen molar-refractivity contribution in [2.24, 2.45) is 11.1 Å². The van der Waals surface area contributed by atoms with E-state index in [1.807, 2.05) is 4.90 Å². The monoisotopic (exact) mass is 361 g/mol. The van der Waals surface area contributed by atoms with E-state index in [0.29, 0.717) is 36.5 Å². The van der Waals surface area contributed by atoms with E-state index >= 15 is 0 Å². The lowest BCUT2D eigenvalue weighted by atomic mass is 9.75. The molecule has 1 atom stereocenters. The van der Waals surface area contributed by atoms with Gasteiger partial charge in [-0.3, -0.25) is 4.79 Å². The predicted octanol–water partition coefficient (Wildman–Crippen LogP) is 2.28. The predicted molar refractivity (Wildman–Crippen MR) is 93.8 cm³/mol. The van der Waals surface area contributed by atoms with Gasteiger partial charge in [-0.25, -0.2) is 13.8 Å². The first-order valence-corrected chi connectivity index (χ1v) is 8.49. The molecular weight excluding hydrogens is 340 g/mol. The number of pyridine rings is 1. The lowest BCUT2D eigenvalue weighted by molar-refractivity contribution is 0.0993. The van der Waals surface area contributed by atoms with Gasteiger partial charge in [-0.05, 0) is 43.0 Å². The summed E-state index contributed by atoms with van der Waals surface area (Å²) < 4.78 is 27.3. The van der Waals surface area contributed by atoms with Gasteiger partial charge < -0.3 is 15.7 Å². The van der Waals surface area contributed by atoms with Gasteiger partial charge in [-0.2, -0.15) is 0 Å². The fourth-order valence-electron chi connectivity index (χ4n) is 3.63. The van der Waals surface area contributed by atoms with Crippen LogP contribution in [0.5, 0.6) is 0 Å². The molecule has 3 N–H and O–H groups in total. The molecule has 0 spiro atoms. The highest BCUT2D eigenvalue weighted by atomic mass is 19.1. The Kier molecular flexibility index (Phi) is 5.18. The minimum absolute atomic E-state index is 0.154. The van der Waals surface area contributed by atoms with Crippen LogP contribution in [0.3, 0.4) is 0 Å². The van der Waals surface area contributed by atoms with Gasteiger partial charge in [0.1, 0.15) is 17.5 Å². The maximum atomic E-state index is 14.1. The minimum Gasteiger partial charge on any atom is -0.396 e. The lowest BCUT2D eigenvalue weighted by Crippen LogP contribution is -2.47. The quantitative estimate of drug-likeness (QED) is 0.856. The molecule has 1 fully saturated rings. The molecule has 2 heterocycles. The fourth-order valence-corrected chi connectivity index (χ4v) is 3.63. The van der Waals surface area contributed by atoms with Crippen molar-refractivity contribution in [1.82, 2.24) is 4.98 Å². The van der Waals surface area contributed by atoms with Crippen molar-refractivity contribution in [2.45, 2.75) is 19.3 Å². The van der Waals surface area contributed by atoms with Gasteiger partial charge >= 0.3 is 0 Å². The summed E-state index contributed by atoms with van der Waals surface area (Å²) >= 11 is 0. The van der Waals surface area contributed by atoms with Crippen molar-refractivity contribution in [3.8, 4) is 0 Å². The molecule has 26 heavy (non-hydrogen) atoms. The Morgan fingerprint density at radius 2 is 2.15 bits per heavy atom. The second kappa shape index (κ2) is 7.37. The number of carbonyl (C=O) groups excluding carboxylic acids is 1. The summed E-state index contributed by atoms with van der Waals surface area (Å²) in [6, 6.07) is 6.73. The SMILES string of the molecule is NC(=O)c1cccnc1N1CCC[C@](CO)(Cc2ccc(F)cc2F)C1. The first kappa shape index (κ1) is 18.3. The number of primary amides is 1. The Hall–Kier alpha value is -2.54. The molecule has 1 aromatic heterocycles. The molecule has 3 rings (SSSR count). The zero-order chi connectivity index (χ0) is 18.7. The Morgan fingerprint density at radius 1 is 1.35 bits per heavy atom. The third-order valence-electron chi connectivity index (χ3n) is 4.93. The standard InChI is InChI=1S/C19H21F2N3O2/c20-14-5-4-13(16(21)9-14)10-19(12-25)6-2-8-24(11-19)18-15(17(22)26)3-1-7-23-18/h1,3-5,7,9,25H,2,6,8,10-12H2,(H2,22,26)/t19-/m0/s1. The van der Waals surface area contributed by atoms with Crippen LogP contribution in [0.15, 0.2) is 36.5 Å². The molecule has 1 saturated heterocycles. The van der Waals surface area contributed by atoms with Crippen LogP contribution in [0.25, 0.3) is 0 Å². The maximum absolute atomic E-state index is 14.1. The summed E-state index contributed by atoms with van der Waals surface area (Å²) in [7, 11) is 0. The Morgan fingerprint density at radius 3 is 2.85 bits per heavy atom. The van der Waals surface area contributed by atoms with E-state index < -0.39 is 23.0 Å². The average molecular weight is 361 g/mol. The molecule has 138 valence electrons. The largest absolute Gasteiger partial charge is 0.396 e. The second-order valence-corrected chi connectivity index (χ2v) is 6.83. The zero-order valence-electron chi connectivity index (χ0n) is 14.3. The number of nitrogens with two attached hydrogens (primary N) is 1. The van der Waals surface area contributed by atoms with Gasteiger partial charge in [0.25, 0.3) is 5.91 Å². The Bertz CT molecular complexity index is 815. The third-order valence-corrected chi connectivity index (χ3v) is 4.93. The number of hydrogen-bond donors (Lipinski definition) is 2. The zero-order valence-corrected chi connectivity index (χ0v) is 14.3. The number of amides is 1. The maximum Gasteiger partial charge on any atom is 0.252 e. The van der Waals surface area contributed by atoms with E-state index in [1.165, 1.54) is 12.1 Å². The van der Waals surface area contributed by atoms with Crippen LogP contribution < -0.4 is 10.6 Å². The van der Waals surface area contributed by atoms with Gasteiger partial charge in [-0.1, -0.05) is 6.07 Å². The van der Waals surface area contributed by atoms with E-state index in [-0.39, 0.29) is 13.0 Å². The van der Waals surface area contributed by atoms with Crippen molar-refractivity contribution in [2.75, 3.05) is 24.6 Å². The molecule has 0 radical (unpaired) electrons. The van der Waals surface area contributed by atoms with Crippen LogP contribution in [-0.2, 0) is 6.42 Å². The lowest BCUT2D eigenvalue weighted by Gasteiger charge is -2.43. The van der Waals surface area contributed by atoms with Gasteiger partial charge in [0.05, 0.1) is 12.2 Å². The molecular formula is C19H21F2N3O2. The molecule has 7 heteroatoms. The molecule has 0 bridgehead atoms. The molecule has 0 aliphatic carbocycles. The van der Waals surface area contributed by atoms with E-state index in [1.54, 1.807) is 18.3 Å². The van der Waals surface area contributed by atoms with E-state index in [2.05, 4.69) is 4.98 Å². The molecule has 0 unspecified atom stereocenters. The Labute approximate surface area is 150 Å². The number of rotatable bonds is 5. The molecule has 5 nitrogen and oxygen atoms in total. The highest BCUT2D eigenvalue weighted by Gasteiger charge is 2.37. The first-order valence-electron chi connectivity index (χ1n) is 8.49. The molecule has 1 aromatic carbocycles. The Balaban J connectivity index is 1.88. The summed E-state index contributed by atoms with van der Waals surface area (Å²) in [5.74, 6) is -1.35. The van der Waals surface area contributed by atoms with Crippen LogP contribution in [0.2, 0.25) is 0 Å². The first-order chi connectivity index (χ1) is 12.4. The number of aliphatic hydroxyl groups is 1. The van der Waals surface area contributed by atoms with E-state index in [0.717, 1.165) is 12.5 Å². The molecule has 1 amide bonds. The molecule has 1 aliphatic heterocycles. The van der Waals surface area contributed by atoms with Crippen LogP contribution in [0.1, 0.15) is 28.8 Å². The number of benzene rings is 1. The topological polar surface area (TPSA) is 79.5 Å². The van der Waals surface area contributed by atoms with Crippen LogP contribution in [-0.4, -0.2) is 35.7 Å². The highest BCUT2D eigenvalue weighted by Crippen LogP contribution is 2.36. The number of halogens is 2. The van der Waals surface area contributed by atoms with Gasteiger partial charge in [-0.15, -0.1) is 0 Å². The van der Waals surface area contributed by atoms with Crippen LogP contribution >= 0.6 is 0 Å². The minimum atomic E-state index is -0.630. The van der Waals surface area contributed by atoms with Crippen LogP contribution in [0.4, 0.5) is 14.6 Å². The van der Waals surface area contributed by atoms with Crippen molar-refractivity contribution in [3.05, 3.63) is 59.3 Å². The number of carbonyl (C=O) groups is 1. The smallest absolute Gasteiger partial charge is 0.252 e. The van der Waals surface area contributed by atoms with Crippen molar-refractivity contribution >= 4 is 11.7 Å². The van der Waals surface area contributed by atoms with Gasteiger partial charge in [0, 0.05) is 30.8 Å². The van der Waals surface area contributed by atoms with Gasteiger partial charge in [0.2, 0.25) is 0 Å². The van der Waals surface area contributed by atoms with Crippen molar-refractivity contribution in [1.29, 1.82) is 0 Å². The van der Waals surface area contributed by atoms with E-state index in [4.69, 9.17) is 5.73 Å². The van der Waals surface area contributed by atoms with Crippen LogP contribution in [0, 0.1) is 17.0 Å². The highest BCUT2D eigenvalue weighted by molar-refractivity contribution is 5.97. The van der Waals surface area contributed by atoms with Gasteiger partial charge in [0.15, 0.2) is 0 Å². The normalized spacial score (nSPS) is 20.2. The number of hydrogen-bond acceptors (Lipinski definition) is 4. The number of aromatic nitrogens is 1. The second-order valence-electron chi connectivity index (χ2n) is 6.83. The fraction of sp³-hybridized carbons (Fsp3) is 0.368. The third kappa shape index (κ3) is 3.67. The number of piperidine rings is 1.